The molecular formula is C34H50N2O7. The number of carbonyl (C=O) groups is 1. The minimum atomic E-state index is -1.53. The number of phenols is 1. The molecule has 9 heteroatoms. The number of phenolic OH excluding ortho intramolecular Hbond substituents is 1. The van der Waals surface area contributed by atoms with E-state index in [1.54, 1.807) is 12.1 Å². The van der Waals surface area contributed by atoms with Crippen LogP contribution >= 0.6 is 0 Å². The first-order chi connectivity index (χ1) is 20.0. The second-order valence-electron chi connectivity index (χ2n) is 13.6. The molecule has 1 aliphatic heterocycles. The molecule has 0 aromatic heterocycles. The lowest BCUT2D eigenvalue weighted by Crippen LogP contribution is -2.55. The molecule has 2 aromatic carbocycles. The van der Waals surface area contributed by atoms with Crippen LogP contribution in [0.5, 0.6) is 5.75 Å². The summed E-state index contributed by atoms with van der Waals surface area (Å²) in [7, 11) is 0. The number of hydrogen-bond donors (Lipinski definition) is 7. The van der Waals surface area contributed by atoms with Gasteiger partial charge >= 0.3 is 0 Å². The highest BCUT2D eigenvalue weighted by Gasteiger charge is 2.45. The summed E-state index contributed by atoms with van der Waals surface area (Å²) in [5.74, 6) is -0.303. The number of carbonyl (C=O) groups excluding carboxylic acids is 1. The van der Waals surface area contributed by atoms with E-state index >= 15 is 0 Å². The van der Waals surface area contributed by atoms with E-state index in [1.807, 2.05) is 27.7 Å². The van der Waals surface area contributed by atoms with Gasteiger partial charge in [-0.1, -0.05) is 58.0 Å². The van der Waals surface area contributed by atoms with E-state index in [9.17, 15) is 30.3 Å². The lowest BCUT2D eigenvalue weighted by molar-refractivity contribution is -0.232. The van der Waals surface area contributed by atoms with E-state index < -0.39 is 42.5 Å². The number of rotatable bonds is 12. The highest BCUT2D eigenvalue weighted by atomic mass is 16.5. The summed E-state index contributed by atoms with van der Waals surface area (Å²) in [6, 6.07) is 9.73. The van der Waals surface area contributed by atoms with Crippen LogP contribution in [0.1, 0.15) is 86.9 Å². The van der Waals surface area contributed by atoms with Gasteiger partial charge in [0.1, 0.15) is 36.3 Å². The molecule has 1 unspecified atom stereocenters. The molecule has 2 aromatic rings. The number of nitrogens with one attached hydrogen (secondary N) is 1. The van der Waals surface area contributed by atoms with Crippen LogP contribution in [0.15, 0.2) is 36.4 Å². The Bertz CT molecular complexity index is 1300. The summed E-state index contributed by atoms with van der Waals surface area (Å²) < 4.78 is 5.75. The standard InChI is InChI=1S/C34H50N2O7/c1-19(2)24-15-26(38)25(31-30(41)29(40)28(39)27(16-37)43-31)14-23(24)13-22-9-8-21(12-20(22)3)10-11-33(4,5)17-36-18-34(6,7)32(35)42/h8-12,14-15,19,27-31,36-41H,13,16-18H2,1-7H3,(H2,35,42)/t27-,28-,29+,30-,31?/m1/s1. The summed E-state index contributed by atoms with van der Waals surface area (Å²) in [6.07, 6.45) is -1.87. The molecule has 1 saturated heterocycles. The predicted molar refractivity (Wildman–Crippen MR) is 168 cm³/mol. The largest absolute Gasteiger partial charge is 0.508 e. The lowest BCUT2D eigenvalue weighted by Gasteiger charge is -2.40. The van der Waals surface area contributed by atoms with Crippen molar-refractivity contribution in [1.29, 1.82) is 0 Å². The highest BCUT2D eigenvalue weighted by molar-refractivity contribution is 5.80. The SMILES string of the molecule is Cc1cc(C=CC(C)(C)CNCC(C)(C)C(N)=O)ccc1Cc1cc(C2O[C@H](CO)[C@@H](O)[C@H](O)[C@H]2O)c(O)cc1C(C)C. The fourth-order valence-corrected chi connectivity index (χ4v) is 5.34. The van der Waals surface area contributed by atoms with Gasteiger partial charge in [-0.3, -0.25) is 4.79 Å². The first kappa shape index (κ1) is 34.7. The van der Waals surface area contributed by atoms with Crippen molar-refractivity contribution in [1.82, 2.24) is 5.32 Å². The number of hydrogen-bond acceptors (Lipinski definition) is 8. The van der Waals surface area contributed by atoms with Gasteiger partial charge in [0, 0.05) is 18.7 Å². The molecule has 1 fully saturated rings. The first-order valence-corrected chi connectivity index (χ1v) is 14.9. The van der Waals surface area contributed by atoms with Crippen LogP contribution in [0.4, 0.5) is 0 Å². The van der Waals surface area contributed by atoms with E-state index in [2.05, 4.69) is 56.4 Å². The molecule has 0 spiro atoms. The van der Waals surface area contributed by atoms with Crippen LogP contribution in [0.2, 0.25) is 0 Å². The Morgan fingerprint density at radius 1 is 1.02 bits per heavy atom. The third-order valence-electron chi connectivity index (χ3n) is 8.40. The monoisotopic (exact) mass is 598 g/mol. The fourth-order valence-electron chi connectivity index (χ4n) is 5.34. The molecule has 1 aliphatic rings. The van der Waals surface area contributed by atoms with E-state index in [1.165, 1.54) is 0 Å². The second kappa shape index (κ2) is 13.9. The molecule has 8 N–H and O–H groups in total. The zero-order valence-corrected chi connectivity index (χ0v) is 26.5. The predicted octanol–water partition coefficient (Wildman–Crippen LogP) is 3.07. The van der Waals surface area contributed by atoms with Gasteiger partial charge in [0.2, 0.25) is 5.91 Å². The van der Waals surface area contributed by atoms with Crippen LogP contribution < -0.4 is 11.1 Å². The van der Waals surface area contributed by atoms with Crippen LogP contribution in [0.25, 0.3) is 6.08 Å². The average molecular weight is 599 g/mol. The molecular weight excluding hydrogens is 548 g/mol. The van der Waals surface area contributed by atoms with Gasteiger partial charge < -0.3 is 41.3 Å². The van der Waals surface area contributed by atoms with Crippen molar-refractivity contribution in [3.05, 3.63) is 69.8 Å². The summed E-state index contributed by atoms with van der Waals surface area (Å²) in [4.78, 5) is 11.6. The number of primary amides is 1. The Morgan fingerprint density at radius 3 is 2.28 bits per heavy atom. The van der Waals surface area contributed by atoms with Crippen LogP contribution in [0.3, 0.4) is 0 Å². The molecule has 1 heterocycles. The summed E-state index contributed by atoms with van der Waals surface area (Å²) >= 11 is 0. The number of aliphatic hydroxyl groups excluding tert-OH is 4. The van der Waals surface area contributed by atoms with Crippen molar-refractivity contribution in [3.63, 3.8) is 0 Å². The number of aromatic hydroxyl groups is 1. The molecule has 0 aliphatic carbocycles. The van der Waals surface area contributed by atoms with Crippen molar-refractivity contribution in [2.75, 3.05) is 19.7 Å². The number of aryl methyl sites for hydroxylation is 1. The summed E-state index contributed by atoms with van der Waals surface area (Å²) in [6.45, 7) is 14.7. The zero-order chi connectivity index (χ0) is 32.3. The molecule has 43 heavy (non-hydrogen) atoms. The summed E-state index contributed by atoms with van der Waals surface area (Å²) in [5.41, 5.74) is 10.1. The number of nitrogens with two attached hydrogens (primary N) is 1. The third-order valence-corrected chi connectivity index (χ3v) is 8.40. The molecule has 9 nitrogen and oxygen atoms in total. The van der Waals surface area contributed by atoms with Gasteiger partial charge in [-0.15, -0.1) is 0 Å². The van der Waals surface area contributed by atoms with E-state index in [-0.39, 0.29) is 23.0 Å². The van der Waals surface area contributed by atoms with Gasteiger partial charge in [-0.05, 0) is 78.5 Å². The van der Waals surface area contributed by atoms with Crippen LogP contribution in [-0.4, -0.2) is 75.6 Å². The molecule has 0 radical (unpaired) electrons. The number of ether oxygens (including phenoxy) is 1. The van der Waals surface area contributed by atoms with Crippen molar-refractivity contribution in [2.24, 2.45) is 16.6 Å². The number of benzene rings is 2. The lowest BCUT2D eigenvalue weighted by atomic mass is 9.85. The minimum Gasteiger partial charge on any atom is -0.508 e. The van der Waals surface area contributed by atoms with Gasteiger partial charge in [-0.2, -0.15) is 0 Å². The molecule has 0 bridgehead atoms. The van der Waals surface area contributed by atoms with Crippen molar-refractivity contribution in [2.45, 2.75) is 91.3 Å². The Balaban J connectivity index is 1.82. The number of aliphatic hydroxyl groups is 4. The highest BCUT2D eigenvalue weighted by Crippen LogP contribution is 2.40. The molecule has 5 atom stereocenters. The van der Waals surface area contributed by atoms with Crippen molar-refractivity contribution >= 4 is 12.0 Å². The molecule has 0 saturated carbocycles. The minimum absolute atomic E-state index is 0.0794. The maximum Gasteiger partial charge on any atom is 0.224 e. The Hall–Kier alpha value is -2.79. The van der Waals surface area contributed by atoms with Gasteiger partial charge in [-0.25, -0.2) is 0 Å². The molecule has 3 rings (SSSR count). The smallest absolute Gasteiger partial charge is 0.224 e. The average Bonchev–Trinajstić information content (AvgIpc) is 2.92. The van der Waals surface area contributed by atoms with Crippen molar-refractivity contribution in [3.8, 4) is 5.75 Å². The first-order valence-electron chi connectivity index (χ1n) is 14.9. The van der Waals surface area contributed by atoms with Crippen LogP contribution in [0, 0.1) is 17.8 Å². The van der Waals surface area contributed by atoms with E-state index in [0.717, 1.165) is 27.8 Å². The van der Waals surface area contributed by atoms with Crippen LogP contribution in [-0.2, 0) is 16.0 Å². The second-order valence-corrected chi connectivity index (χ2v) is 13.6. The summed E-state index contributed by atoms with van der Waals surface area (Å²) in [5, 5.41) is 55.1. The van der Waals surface area contributed by atoms with Gasteiger partial charge in [0.15, 0.2) is 0 Å². The molecule has 1 amide bonds. The topological polar surface area (TPSA) is 166 Å². The Morgan fingerprint density at radius 2 is 1.70 bits per heavy atom. The maximum atomic E-state index is 11.6. The van der Waals surface area contributed by atoms with E-state index in [4.69, 9.17) is 10.5 Å². The van der Waals surface area contributed by atoms with Gasteiger partial charge in [0.25, 0.3) is 0 Å². The fraction of sp³-hybridized carbons (Fsp3) is 0.559. The normalized spacial score (nSPS) is 23.3. The third kappa shape index (κ3) is 8.44. The molecule has 238 valence electrons. The zero-order valence-electron chi connectivity index (χ0n) is 26.5. The Labute approximate surface area is 255 Å². The number of amides is 1. The maximum absolute atomic E-state index is 11.6. The Kier molecular flexibility index (Phi) is 11.2. The van der Waals surface area contributed by atoms with Crippen molar-refractivity contribution < 1.29 is 35.1 Å². The quantitative estimate of drug-likeness (QED) is 0.196. The van der Waals surface area contributed by atoms with E-state index in [0.29, 0.717) is 25.1 Å². The van der Waals surface area contributed by atoms with Gasteiger partial charge in [0.05, 0.1) is 12.0 Å².